The van der Waals surface area contributed by atoms with Gasteiger partial charge < -0.3 is 9.47 Å². The molecular formula is C20H16FNO4. The molecule has 0 saturated heterocycles. The number of aryl methyl sites for hydroxylation is 1. The average Bonchev–Trinajstić information content (AvgIpc) is 2.65. The van der Waals surface area contributed by atoms with Gasteiger partial charge in [0.15, 0.2) is 24.0 Å². The van der Waals surface area contributed by atoms with Gasteiger partial charge in [-0.1, -0.05) is 18.2 Å². The highest BCUT2D eigenvalue weighted by Crippen LogP contribution is 2.20. The van der Waals surface area contributed by atoms with Crippen LogP contribution in [0.5, 0.6) is 5.75 Å². The number of esters is 1. The molecule has 0 bridgehead atoms. The van der Waals surface area contributed by atoms with E-state index < -0.39 is 24.2 Å². The quantitative estimate of drug-likeness (QED) is 0.516. The summed E-state index contributed by atoms with van der Waals surface area (Å²) in [7, 11) is 1.34. The van der Waals surface area contributed by atoms with Crippen molar-refractivity contribution < 1.29 is 23.5 Å². The van der Waals surface area contributed by atoms with Crippen molar-refractivity contribution in [2.75, 3.05) is 13.7 Å². The van der Waals surface area contributed by atoms with E-state index in [0.717, 1.165) is 6.07 Å². The lowest BCUT2D eigenvalue weighted by Crippen LogP contribution is -2.15. The van der Waals surface area contributed by atoms with Gasteiger partial charge in [0.1, 0.15) is 0 Å². The third kappa shape index (κ3) is 3.54. The van der Waals surface area contributed by atoms with E-state index in [1.807, 2.05) is 6.07 Å². The topological polar surface area (TPSA) is 65.5 Å². The molecule has 0 atom stereocenters. The van der Waals surface area contributed by atoms with Crippen molar-refractivity contribution in [3.63, 3.8) is 0 Å². The summed E-state index contributed by atoms with van der Waals surface area (Å²) in [6, 6.07) is 12.6. The number of para-hydroxylation sites is 1. The molecule has 1 aromatic heterocycles. The van der Waals surface area contributed by atoms with E-state index in [0.29, 0.717) is 22.2 Å². The number of nitrogens with zero attached hydrogens (tertiary/aromatic N) is 1. The molecule has 6 heteroatoms. The van der Waals surface area contributed by atoms with Crippen LogP contribution >= 0.6 is 0 Å². The fourth-order valence-corrected chi connectivity index (χ4v) is 2.61. The minimum Gasteiger partial charge on any atom is -0.494 e. The first-order valence-electron chi connectivity index (χ1n) is 7.90. The highest BCUT2D eigenvalue weighted by Gasteiger charge is 2.16. The highest BCUT2D eigenvalue weighted by molar-refractivity contribution is 6.05. The van der Waals surface area contributed by atoms with Crippen LogP contribution in [-0.2, 0) is 4.74 Å². The van der Waals surface area contributed by atoms with Gasteiger partial charge >= 0.3 is 5.97 Å². The standard InChI is InChI=1S/C20H16FNO4/c1-12-9-15(14-5-3-4-6-17(14)22-12)20(24)26-11-18(23)13-7-8-19(25-2)16(21)10-13/h3-10H,11H2,1-2H3. The Kier molecular flexibility index (Phi) is 4.93. The molecule has 0 aliphatic carbocycles. The molecule has 0 radical (unpaired) electrons. The SMILES string of the molecule is COc1ccc(C(=O)COC(=O)c2cc(C)nc3ccccc23)cc1F. The molecule has 0 aliphatic rings. The maximum atomic E-state index is 13.7. The zero-order chi connectivity index (χ0) is 18.7. The van der Waals surface area contributed by atoms with Crippen LogP contribution in [0.25, 0.3) is 10.9 Å². The van der Waals surface area contributed by atoms with E-state index in [-0.39, 0.29) is 11.3 Å². The van der Waals surface area contributed by atoms with Crippen molar-refractivity contribution in [3.05, 3.63) is 71.2 Å². The normalized spacial score (nSPS) is 10.6. The minimum atomic E-state index is -0.652. The van der Waals surface area contributed by atoms with Crippen LogP contribution in [0.3, 0.4) is 0 Å². The molecule has 0 unspecified atom stereocenters. The van der Waals surface area contributed by atoms with Crippen LogP contribution in [-0.4, -0.2) is 30.5 Å². The number of benzene rings is 2. The molecule has 1 heterocycles. The third-order valence-corrected chi connectivity index (χ3v) is 3.87. The number of hydrogen-bond donors (Lipinski definition) is 0. The second-order valence-electron chi connectivity index (χ2n) is 5.68. The van der Waals surface area contributed by atoms with Gasteiger partial charge in [-0.15, -0.1) is 0 Å². The van der Waals surface area contributed by atoms with Crippen molar-refractivity contribution in [2.24, 2.45) is 0 Å². The fraction of sp³-hybridized carbons (Fsp3) is 0.150. The van der Waals surface area contributed by atoms with Gasteiger partial charge in [-0.3, -0.25) is 9.78 Å². The van der Waals surface area contributed by atoms with E-state index in [2.05, 4.69) is 4.98 Å². The average molecular weight is 353 g/mol. The summed E-state index contributed by atoms with van der Waals surface area (Å²) in [5.41, 5.74) is 1.77. The van der Waals surface area contributed by atoms with Gasteiger partial charge in [-0.05, 0) is 37.3 Å². The number of halogens is 1. The number of hydrogen-bond acceptors (Lipinski definition) is 5. The first-order valence-corrected chi connectivity index (χ1v) is 7.90. The number of pyridine rings is 1. The largest absolute Gasteiger partial charge is 0.494 e. The fourth-order valence-electron chi connectivity index (χ4n) is 2.61. The Hall–Kier alpha value is -3.28. The second kappa shape index (κ2) is 7.31. The van der Waals surface area contributed by atoms with Crippen molar-refractivity contribution in [1.29, 1.82) is 0 Å². The maximum Gasteiger partial charge on any atom is 0.339 e. The molecule has 26 heavy (non-hydrogen) atoms. The Morgan fingerprint density at radius 1 is 1.12 bits per heavy atom. The number of carbonyl (C=O) groups excluding carboxylic acids is 2. The number of ether oxygens (including phenoxy) is 2. The van der Waals surface area contributed by atoms with Crippen LogP contribution in [0, 0.1) is 12.7 Å². The van der Waals surface area contributed by atoms with Crippen molar-refractivity contribution in [3.8, 4) is 5.75 Å². The highest BCUT2D eigenvalue weighted by atomic mass is 19.1. The molecule has 2 aromatic carbocycles. The van der Waals surface area contributed by atoms with E-state index in [9.17, 15) is 14.0 Å². The molecule has 0 fully saturated rings. The van der Waals surface area contributed by atoms with Crippen molar-refractivity contribution >= 4 is 22.7 Å². The number of fused-ring (bicyclic) bond motifs is 1. The van der Waals surface area contributed by atoms with Crippen LogP contribution in [0.15, 0.2) is 48.5 Å². The zero-order valence-electron chi connectivity index (χ0n) is 14.3. The second-order valence-corrected chi connectivity index (χ2v) is 5.68. The molecule has 0 saturated carbocycles. The number of carbonyl (C=O) groups is 2. The molecule has 5 nitrogen and oxygen atoms in total. The summed E-state index contributed by atoms with van der Waals surface area (Å²) in [4.78, 5) is 28.9. The number of Topliss-reactive ketones (excluding diaryl/α,β-unsaturated/α-hetero) is 1. The van der Waals surface area contributed by atoms with Crippen LogP contribution in [0.2, 0.25) is 0 Å². The van der Waals surface area contributed by atoms with E-state index in [1.165, 1.54) is 19.2 Å². The Labute approximate surface area is 149 Å². The first-order chi connectivity index (χ1) is 12.5. The van der Waals surface area contributed by atoms with E-state index in [1.54, 1.807) is 31.2 Å². The number of methoxy groups -OCH3 is 1. The zero-order valence-corrected chi connectivity index (χ0v) is 14.3. The molecule has 0 N–H and O–H groups in total. The van der Waals surface area contributed by atoms with Gasteiger partial charge in [0.2, 0.25) is 0 Å². The molecule has 0 spiro atoms. The molecular weight excluding hydrogens is 337 g/mol. The lowest BCUT2D eigenvalue weighted by Gasteiger charge is -2.09. The lowest BCUT2D eigenvalue weighted by molar-refractivity contribution is 0.0476. The predicted molar refractivity (Wildman–Crippen MR) is 94.0 cm³/mol. The molecule has 0 aliphatic heterocycles. The Morgan fingerprint density at radius 3 is 2.62 bits per heavy atom. The maximum absolute atomic E-state index is 13.7. The number of aromatic nitrogens is 1. The Morgan fingerprint density at radius 2 is 1.88 bits per heavy atom. The summed E-state index contributed by atoms with van der Waals surface area (Å²) in [6.45, 7) is 1.29. The third-order valence-electron chi connectivity index (χ3n) is 3.87. The summed E-state index contributed by atoms with van der Waals surface area (Å²) in [6.07, 6.45) is 0. The predicted octanol–water partition coefficient (Wildman–Crippen LogP) is 3.73. The van der Waals surface area contributed by atoms with Crippen molar-refractivity contribution in [1.82, 2.24) is 4.98 Å². The van der Waals surface area contributed by atoms with Gasteiger partial charge in [0, 0.05) is 16.6 Å². The van der Waals surface area contributed by atoms with Gasteiger partial charge in [0.25, 0.3) is 0 Å². The summed E-state index contributed by atoms with van der Waals surface area (Å²) in [5.74, 6) is -1.75. The van der Waals surface area contributed by atoms with Gasteiger partial charge in [-0.25, -0.2) is 9.18 Å². The smallest absolute Gasteiger partial charge is 0.339 e. The molecule has 3 rings (SSSR count). The molecule has 0 amide bonds. The van der Waals surface area contributed by atoms with Gasteiger partial charge in [-0.2, -0.15) is 0 Å². The summed E-state index contributed by atoms with van der Waals surface area (Å²) >= 11 is 0. The number of ketones is 1. The van der Waals surface area contributed by atoms with Crippen LogP contribution in [0.1, 0.15) is 26.4 Å². The summed E-state index contributed by atoms with van der Waals surface area (Å²) < 4.78 is 23.6. The van der Waals surface area contributed by atoms with E-state index >= 15 is 0 Å². The molecule has 132 valence electrons. The number of rotatable bonds is 5. The van der Waals surface area contributed by atoms with Crippen LogP contribution in [0.4, 0.5) is 4.39 Å². The first kappa shape index (κ1) is 17.5. The molecule has 3 aromatic rings. The lowest BCUT2D eigenvalue weighted by atomic mass is 10.1. The monoisotopic (exact) mass is 353 g/mol. The van der Waals surface area contributed by atoms with Crippen molar-refractivity contribution in [2.45, 2.75) is 6.92 Å². The Bertz CT molecular complexity index is 1000. The van der Waals surface area contributed by atoms with Gasteiger partial charge in [0.05, 0.1) is 18.2 Å². The van der Waals surface area contributed by atoms with Crippen LogP contribution < -0.4 is 4.74 Å². The minimum absolute atomic E-state index is 0.0391. The Balaban J connectivity index is 1.77. The van der Waals surface area contributed by atoms with E-state index in [4.69, 9.17) is 9.47 Å². The summed E-state index contributed by atoms with van der Waals surface area (Å²) in [5, 5.41) is 0.644.